The van der Waals surface area contributed by atoms with Crippen molar-refractivity contribution in [3.63, 3.8) is 0 Å². The molecule has 0 radical (unpaired) electrons. The van der Waals surface area contributed by atoms with Crippen molar-refractivity contribution in [2.45, 2.75) is 38.0 Å². The van der Waals surface area contributed by atoms with E-state index < -0.39 is 38.2 Å². The van der Waals surface area contributed by atoms with Gasteiger partial charge in [-0.3, -0.25) is 14.2 Å². The topological polar surface area (TPSA) is 130 Å². The van der Waals surface area contributed by atoms with Crippen LogP contribution in [0.2, 0.25) is 0 Å². The lowest BCUT2D eigenvalue weighted by atomic mass is 10.1. The van der Waals surface area contributed by atoms with Gasteiger partial charge in [0.15, 0.2) is 0 Å². The van der Waals surface area contributed by atoms with Gasteiger partial charge in [-0.2, -0.15) is 0 Å². The molecule has 0 aliphatic rings. The molecule has 94 valence electrons. The van der Waals surface area contributed by atoms with Gasteiger partial charge in [-0.15, -0.1) is 0 Å². The molecule has 0 aliphatic heterocycles. The van der Waals surface area contributed by atoms with Crippen LogP contribution in [0.4, 0.5) is 0 Å². The lowest BCUT2D eigenvalue weighted by Gasteiger charge is -2.16. The molecule has 0 rings (SSSR count). The van der Waals surface area contributed by atoms with Crippen LogP contribution < -0.4 is 11.1 Å². The molecule has 0 aromatic rings. The van der Waals surface area contributed by atoms with Crippen LogP contribution in [0.15, 0.2) is 0 Å². The normalized spacial score (nSPS) is 16.2. The lowest BCUT2D eigenvalue weighted by molar-refractivity contribution is -0.137. The van der Waals surface area contributed by atoms with Crippen LogP contribution in [0.1, 0.15) is 26.2 Å². The van der Waals surface area contributed by atoms with Gasteiger partial charge in [-0.1, -0.05) is 13.3 Å². The minimum absolute atomic E-state index is 0.442. The summed E-state index contributed by atoms with van der Waals surface area (Å²) in [6, 6.07) is -0.775. The average molecular weight is 252 g/mol. The van der Waals surface area contributed by atoms with E-state index in [0.717, 1.165) is 0 Å². The molecule has 0 aliphatic carbocycles. The van der Waals surface area contributed by atoms with E-state index in [-0.39, 0.29) is 0 Å². The molecule has 0 fully saturated rings. The third kappa shape index (κ3) is 5.85. The van der Waals surface area contributed by atoms with Crippen molar-refractivity contribution in [3.05, 3.63) is 0 Å². The third-order valence-corrected chi connectivity index (χ3v) is 2.87. The van der Waals surface area contributed by atoms with Gasteiger partial charge in [0.1, 0.15) is 5.78 Å². The number of aliphatic carboxylic acids is 1. The fraction of sp³-hybridized carbons (Fsp3) is 0.750. The van der Waals surface area contributed by atoms with Crippen molar-refractivity contribution in [3.8, 4) is 0 Å². The number of nitrogens with two attached hydrogens (primary N) is 1. The van der Waals surface area contributed by atoms with E-state index in [9.17, 15) is 14.2 Å². The average Bonchev–Trinajstić information content (AvgIpc) is 2.16. The van der Waals surface area contributed by atoms with Crippen LogP contribution in [0.3, 0.4) is 0 Å². The maximum absolute atomic E-state index is 11.4. The zero-order valence-electron chi connectivity index (χ0n) is 8.97. The maximum Gasteiger partial charge on any atom is 0.306 e. The van der Waals surface area contributed by atoms with E-state index in [2.05, 4.69) is 5.32 Å². The zero-order valence-corrected chi connectivity index (χ0v) is 9.97. The summed E-state index contributed by atoms with van der Waals surface area (Å²) in [6.07, 6.45) is 0.559. The molecule has 8 heteroatoms. The first kappa shape index (κ1) is 15.1. The molecule has 5 N–H and O–H groups in total. The largest absolute Gasteiger partial charge is 0.481 e. The molecule has 0 aromatic carbocycles. The van der Waals surface area contributed by atoms with Crippen LogP contribution in [0, 0.1) is 0 Å². The Morgan fingerprint density at radius 1 is 1.50 bits per heavy atom. The predicted octanol–water partition coefficient (Wildman–Crippen LogP) is -0.502. The van der Waals surface area contributed by atoms with Crippen molar-refractivity contribution < 1.29 is 24.2 Å². The SMILES string of the molecule is CCC[C@H](N)C(=O)NC(CC(=O)O)[PH](=O)O. The Bertz CT molecular complexity index is 284. The Hall–Kier alpha value is -0.910. The molecule has 2 unspecified atom stereocenters. The zero-order chi connectivity index (χ0) is 12.7. The van der Waals surface area contributed by atoms with Crippen LogP contribution in [0.25, 0.3) is 0 Å². The van der Waals surface area contributed by atoms with Gasteiger partial charge in [0.2, 0.25) is 13.9 Å². The Morgan fingerprint density at radius 3 is 2.44 bits per heavy atom. The monoisotopic (exact) mass is 252 g/mol. The number of amides is 1. The Morgan fingerprint density at radius 2 is 2.06 bits per heavy atom. The molecule has 16 heavy (non-hydrogen) atoms. The minimum atomic E-state index is -3.13. The summed E-state index contributed by atoms with van der Waals surface area (Å²) < 4.78 is 10.8. The van der Waals surface area contributed by atoms with Gasteiger partial charge in [0.05, 0.1) is 12.5 Å². The summed E-state index contributed by atoms with van der Waals surface area (Å²) in [5.74, 6) is -3.10. The van der Waals surface area contributed by atoms with Gasteiger partial charge < -0.3 is 21.1 Å². The standard InChI is InChI=1S/C8H17N2O5P/c1-2-3-5(9)8(13)10-6(16(14)15)4-7(11)12/h5-6,16H,2-4,9H2,1H3,(H,10,13)(H,11,12)(H,14,15)/t5-,6?/m0/s1. The highest BCUT2D eigenvalue weighted by molar-refractivity contribution is 7.38. The van der Waals surface area contributed by atoms with Gasteiger partial charge in [-0.25, -0.2) is 0 Å². The van der Waals surface area contributed by atoms with Gasteiger partial charge in [0, 0.05) is 0 Å². The number of carbonyl (C=O) groups is 2. The van der Waals surface area contributed by atoms with Crippen molar-refractivity contribution in [2.24, 2.45) is 5.73 Å². The molecule has 1 amide bonds. The second-order valence-corrected chi connectivity index (χ2v) is 4.77. The van der Waals surface area contributed by atoms with Crippen molar-refractivity contribution >= 4 is 19.9 Å². The second kappa shape index (κ2) is 7.38. The minimum Gasteiger partial charge on any atom is -0.481 e. The number of carboxylic acids is 1. The molecule has 3 atom stereocenters. The summed E-state index contributed by atoms with van der Waals surface area (Å²) in [4.78, 5) is 30.6. The molecular formula is C8H17N2O5P. The van der Waals surface area contributed by atoms with E-state index in [0.29, 0.717) is 12.8 Å². The van der Waals surface area contributed by atoms with Gasteiger partial charge in [0.25, 0.3) is 0 Å². The van der Waals surface area contributed by atoms with Crippen LogP contribution in [-0.2, 0) is 14.2 Å². The summed E-state index contributed by atoms with van der Waals surface area (Å²) in [6.45, 7) is 1.84. The number of hydrogen-bond acceptors (Lipinski definition) is 4. The number of carbonyl (C=O) groups excluding carboxylic acids is 1. The maximum atomic E-state index is 11.4. The fourth-order valence-electron chi connectivity index (χ4n) is 1.10. The van der Waals surface area contributed by atoms with E-state index >= 15 is 0 Å². The van der Waals surface area contributed by atoms with Gasteiger partial charge >= 0.3 is 5.97 Å². The molecule has 0 aromatic heterocycles. The molecule has 0 spiro atoms. The van der Waals surface area contributed by atoms with Crippen LogP contribution in [-0.4, -0.2) is 33.7 Å². The van der Waals surface area contributed by atoms with Crippen molar-refractivity contribution in [1.82, 2.24) is 5.32 Å². The number of rotatable bonds is 7. The summed E-state index contributed by atoms with van der Waals surface area (Å²) in [7, 11) is -3.13. The van der Waals surface area contributed by atoms with Crippen LogP contribution >= 0.6 is 8.03 Å². The summed E-state index contributed by atoms with van der Waals surface area (Å²) in [5, 5.41) is 10.6. The highest BCUT2D eigenvalue weighted by Gasteiger charge is 2.23. The van der Waals surface area contributed by atoms with Crippen molar-refractivity contribution in [2.75, 3.05) is 0 Å². The van der Waals surface area contributed by atoms with Crippen molar-refractivity contribution in [1.29, 1.82) is 0 Å². The quantitative estimate of drug-likeness (QED) is 0.452. The molecule has 0 saturated heterocycles. The van der Waals surface area contributed by atoms with E-state index in [1.165, 1.54) is 0 Å². The molecule has 0 bridgehead atoms. The summed E-state index contributed by atoms with van der Waals surface area (Å²) in [5.41, 5.74) is 5.48. The highest BCUT2D eigenvalue weighted by Crippen LogP contribution is 2.22. The highest BCUT2D eigenvalue weighted by atomic mass is 31.1. The van der Waals surface area contributed by atoms with E-state index in [1.54, 1.807) is 0 Å². The number of nitrogens with one attached hydrogen (secondary N) is 1. The predicted molar refractivity (Wildman–Crippen MR) is 58.3 cm³/mol. The Balaban J connectivity index is 4.34. The first-order chi connectivity index (χ1) is 7.38. The Kier molecular flexibility index (Phi) is 6.96. The Labute approximate surface area is 93.9 Å². The molecular weight excluding hydrogens is 235 g/mol. The summed E-state index contributed by atoms with van der Waals surface area (Å²) >= 11 is 0. The smallest absolute Gasteiger partial charge is 0.306 e. The molecule has 7 nitrogen and oxygen atoms in total. The second-order valence-electron chi connectivity index (χ2n) is 3.39. The van der Waals surface area contributed by atoms with E-state index in [4.69, 9.17) is 15.7 Å². The van der Waals surface area contributed by atoms with Crippen LogP contribution in [0.5, 0.6) is 0 Å². The lowest BCUT2D eigenvalue weighted by Crippen LogP contribution is -2.44. The van der Waals surface area contributed by atoms with Gasteiger partial charge in [-0.05, 0) is 6.42 Å². The molecule has 0 heterocycles. The molecule has 0 saturated carbocycles. The first-order valence-electron chi connectivity index (χ1n) is 4.89. The first-order valence-corrected chi connectivity index (χ1v) is 6.32. The third-order valence-electron chi connectivity index (χ3n) is 1.93. The number of hydrogen-bond donors (Lipinski definition) is 4. The number of carboxylic acid groups (broad SMARTS) is 1. The fourth-order valence-corrected chi connectivity index (χ4v) is 1.71. The van der Waals surface area contributed by atoms with E-state index in [1.807, 2.05) is 6.92 Å².